The highest BCUT2D eigenvalue weighted by molar-refractivity contribution is 6.30. The number of carbonyl (C=O) groups excluding carboxylic acids is 1. The van der Waals surface area contributed by atoms with Gasteiger partial charge in [0.05, 0.1) is 23.1 Å². The second-order valence-corrected chi connectivity index (χ2v) is 8.20. The number of halogens is 1. The molecule has 0 atom stereocenters. The lowest BCUT2D eigenvalue weighted by atomic mass is 9.98. The van der Waals surface area contributed by atoms with Crippen LogP contribution in [0.15, 0.2) is 60.8 Å². The number of phenolic OH excluding ortho intramolecular Hbond substituents is 1. The zero-order valence-electron chi connectivity index (χ0n) is 17.0. The van der Waals surface area contributed by atoms with Gasteiger partial charge in [-0.15, -0.1) is 0 Å². The van der Waals surface area contributed by atoms with Crippen molar-refractivity contribution in [2.45, 2.75) is 26.2 Å². The van der Waals surface area contributed by atoms with Gasteiger partial charge in [-0.25, -0.2) is 4.68 Å². The van der Waals surface area contributed by atoms with Crippen LogP contribution in [0.5, 0.6) is 5.75 Å². The first-order valence-corrected chi connectivity index (χ1v) is 10.4. The van der Waals surface area contributed by atoms with E-state index in [9.17, 15) is 9.90 Å². The summed E-state index contributed by atoms with van der Waals surface area (Å²) in [6.45, 7) is 5.34. The molecule has 3 aromatic rings. The van der Waals surface area contributed by atoms with Crippen LogP contribution in [0.3, 0.4) is 0 Å². The number of hydrogen-bond acceptors (Lipinski definition) is 3. The third-order valence-corrected chi connectivity index (χ3v) is 5.64. The molecule has 1 aliphatic rings. The predicted molar refractivity (Wildman–Crippen MR) is 119 cm³/mol. The molecular formula is C24H24ClN3O2. The van der Waals surface area contributed by atoms with E-state index in [1.807, 2.05) is 46.0 Å². The molecule has 1 aliphatic heterocycles. The minimum atomic E-state index is -0.0000744. The van der Waals surface area contributed by atoms with E-state index in [1.165, 1.54) is 5.57 Å². The van der Waals surface area contributed by atoms with Crippen LogP contribution in [0.25, 0.3) is 11.3 Å². The number of nitrogens with zero attached hydrogens (tertiary/aromatic N) is 3. The lowest BCUT2D eigenvalue weighted by Gasteiger charge is -2.27. The number of benzene rings is 2. The number of aromatic nitrogens is 2. The Hall–Kier alpha value is -3.05. The minimum Gasteiger partial charge on any atom is -0.508 e. The molecule has 0 saturated carbocycles. The third-order valence-electron chi connectivity index (χ3n) is 5.39. The van der Waals surface area contributed by atoms with Crippen molar-refractivity contribution in [3.05, 3.63) is 82.6 Å². The molecule has 0 aliphatic carbocycles. The van der Waals surface area contributed by atoms with Crippen molar-refractivity contribution in [3.63, 3.8) is 0 Å². The summed E-state index contributed by atoms with van der Waals surface area (Å²) in [6, 6.07) is 14.7. The number of amides is 1. The summed E-state index contributed by atoms with van der Waals surface area (Å²) in [5.74, 6) is 0.390. The van der Waals surface area contributed by atoms with E-state index < -0.39 is 0 Å². The second-order valence-electron chi connectivity index (χ2n) is 7.76. The van der Waals surface area contributed by atoms with E-state index >= 15 is 0 Å². The number of carbonyl (C=O) groups is 1. The van der Waals surface area contributed by atoms with Crippen LogP contribution in [-0.4, -0.2) is 38.8 Å². The van der Waals surface area contributed by atoms with Crippen LogP contribution >= 0.6 is 11.6 Å². The Bertz CT molecular complexity index is 1080. The van der Waals surface area contributed by atoms with Gasteiger partial charge in [0, 0.05) is 18.1 Å². The minimum absolute atomic E-state index is 0.0000744. The molecule has 30 heavy (non-hydrogen) atoms. The molecule has 4 rings (SSSR count). The average Bonchev–Trinajstić information content (AvgIpc) is 3.20. The lowest BCUT2D eigenvalue weighted by Crippen LogP contribution is -2.35. The van der Waals surface area contributed by atoms with Gasteiger partial charge in [0.25, 0.3) is 5.91 Å². The number of hydrogen-bond donors (Lipinski definition) is 1. The van der Waals surface area contributed by atoms with Crippen LogP contribution in [0.1, 0.15) is 47.8 Å². The summed E-state index contributed by atoms with van der Waals surface area (Å²) in [5, 5.41) is 14.7. The first-order valence-electron chi connectivity index (χ1n) is 10.1. The Kier molecular flexibility index (Phi) is 5.64. The standard InChI is InChI=1S/C24H24ClN3O2/c1-16(2)23-22(15-26-28(23)20-7-5-19(25)6-8-20)24(30)27-13-11-18(12-14-27)17-3-9-21(29)10-4-17/h3-11,15-16,29H,12-14H2,1-2H3. The number of aromatic hydroxyl groups is 1. The van der Waals surface area contributed by atoms with Gasteiger partial charge in [0.2, 0.25) is 0 Å². The fraction of sp³-hybridized carbons (Fsp3) is 0.250. The van der Waals surface area contributed by atoms with Gasteiger partial charge in [-0.1, -0.05) is 43.7 Å². The molecule has 1 amide bonds. The van der Waals surface area contributed by atoms with E-state index in [0.717, 1.165) is 23.4 Å². The second kappa shape index (κ2) is 8.36. The largest absolute Gasteiger partial charge is 0.508 e. The molecule has 5 nitrogen and oxygen atoms in total. The highest BCUT2D eigenvalue weighted by Crippen LogP contribution is 2.28. The summed E-state index contributed by atoms with van der Waals surface area (Å²) in [6.07, 6.45) is 4.54. The van der Waals surface area contributed by atoms with E-state index in [-0.39, 0.29) is 17.6 Å². The number of phenols is 1. The van der Waals surface area contributed by atoms with Gasteiger partial charge in [-0.3, -0.25) is 4.79 Å². The van der Waals surface area contributed by atoms with Crippen LogP contribution < -0.4 is 0 Å². The predicted octanol–water partition coefficient (Wildman–Crippen LogP) is 5.28. The molecule has 0 fully saturated rings. The molecule has 1 aromatic heterocycles. The SMILES string of the molecule is CC(C)c1c(C(=O)N2CC=C(c3ccc(O)cc3)CC2)cnn1-c1ccc(Cl)cc1. The maximum atomic E-state index is 13.3. The smallest absolute Gasteiger partial charge is 0.257 e. The van der Waals surface area contributed by atoms with Crippen LogP contribution in [-0.2, 0) is 0 Å². The van der Waals surface area contributed by atoms with E-state index in [2.05, 4.69) is 25.0 Å². The molecule has 0 radical (unpaired) electrons. The summed E-state index contributed by atoms with van der Waals surface area (Å²) in [7, 11) is 0. The molecular weight excluding hydrogens is 398 g/mol. The topological polar surface area (TPSA) is 58.4 Å². The quantitative estimate of drug-likeness (QED) is 0.623. The summed E-state index contributed by atoms with van der Waals surface area (Å²) in [4.78, 5) is 15.2. The molecule has 2 heterocycles. The van der Waals surface area contributed by atoms with Crippen LogP contribution in [0.2, 0.25) is 5.02 Å². The molecule has 6 heteroatoms. The van der Waals surface area contributed by atoms with Crippen molar-refractivity contribution in [3.8, 4) is 11.4 Å². The van der Waals surface area contributed by atoms with Gasteiger partial charge >= 0.3 is 0 Å². The normalized spacial score (nSPS) is 14.1. The highest BCUT2D eigenvalue weighted by atomic mass is 35.5. The van der Waals surface area contributed by atoms with Crippen LogP contribution in [0, 0.1) is 0 Å². The third kappa shape index (κ3) is 3.98. The highest BCUT2D eigenvalue weighted by Gasteiger charge is 2.26. The Morgan fingerprint density at radius 2 is 1.80 bits per heavy atom. The first kappa shape index (κ1) is 20.2. The van der Waals surface area contributed by atoms with Crippen molar-refractivity contribution in [2.75, 3.05) is 13.1 Å². The zero-order valence-corrected chi connectivity index (χ0v) is 17.8. The molecule has 0 saturated heterocycles. The lowest BCUT2D eigenvalue weighted by molar-refractivity contribution is 0.0771. The molecule has 0 bridgehead atoms. The van der Waals surface area contributed by atoms with Gasteiger partial charge in [-0.2, -0.15) is 5.10 Å². The Morgan fingerprint density at radius 1 is 1.10 bits per heavy atom. The Labute approximate surface area is 181 Å². The van der Waals surface area contributed by atoms with Crippen LogP contribution in [0.4, 0.5) is 0 Å². The number of rotatable bonds is 4. The monoisotopic (exact) mass is 421 g/mol. The molecule has 0 spiro atoms. The Balaban J connectivity index is 1.58. The van der Waals surface area contributed by atoms with E-state index in [1.54, 1.807) is 18.3 Å². The summed E-state index contributed by atoms with van der Waals surface area (Å²) in [5.41, 5.74) is 4.70. The van der Waals surface area contributed by atoms with Gasteiger partial charge in [0.15, 0.2) is 0 Å². The van der Waals surface area contributed by atoms with E-state index in [4.69, 9.17) is 11.6 Å². The van der Waals surface area contributed by atoms with E-state index in [0.29, 0.717) is 23.7 Å². The maximum Gasteiger partial charge on any atom is 0.257 e. The first-order chi connectivity index (χ1) is 14.4. The summed E-state index contributed by atoms with van der Waals surface area (Å²) < 4.78 is 1.83. The van der Waals surface area contributed by atoms with Crippen molar-refractivity contribution in [1.29, 1.82) is 0 Å². The van der Waals surface area contributed by atoms with Crippen molar-refractivity contribution in [1.82, 2.24) is 14.7 Å². The average molecular weight is 422 g/mol. The molecule has 2 aromatic carbocycles. The van der Waals surface area contributed by atoms with Gasteiger partial charge < -0.3 is 10.0 Å². The molecule has 1 N–H and O–H groups in total. The molecule has 0 unspecified atom stereocenters. The van der Waals surface area contributed by atoms with Crippen molar-refractivity contribution >= 4 is 23.1 Å². The van der Waals surface area contributed by atoms with Gasteiger partial charge in [0.1, 0.15) is 5.75 Å². The molecule has 154 valence electrons. The van der Waals surface area contributed by atoms with Crippen molar-refractivity contribution < 1.29 is 9.90 Å². The fourth-order valence-corrected chi connectivity index (χ4v) is 3.95. The zero-order chi connectivity index (χ0) is 21.3. The summed E-state index contributed by atoms with van der Waals surface area (Å²) >= 11 is 6.01. The van der Waals surface area contributed by atoms with Crippen molar-refractivity contribution in [2.24, 2.45) is 0 Å². The Morgan fingerprint density at radius 3 is 2.40 bits per heavy atom. The maximum absolute atomic E-state index is 13.3. The van der Waals surface area contributed by atoms with Gasteiger partial charge in [-0.05, 0) is 59.9 Å². The fourth-order valence-electron chi connectivity index (χ4n) is 3.83.